The minimum Gasteiger partial charge on any atom is -0.507 e. The lowest BCUT2D eigenvalue weighted by Gasteiger charge is -1.98. The largest absolute Gasteiger partial charge is 0.507 e. The molecule has 0 fully saturated rings. The maximum absolute atomic E-state index is 9.75. The fourth-order valence-corrected chi connectivity index (χ4v) is 1.67. The summed E-state index contributed by atoms with van der Waals surface area (Å²) in [4.78, 5) is 11.0. The van der Waals surface area contributed by atoms with Gasteiger partial charge in [0.25, 0.3) is 5.89 Å². The number of phenolic OH excluding ortho intramolecular Hbond substituents is 1. The summed E-state index contributed by atoms with van der Waals surface area (Å²) >= 11 is 5.75. The fourth-order valence-electron chi connectivity index (χ4n) is 1.50. The highest BCUT2D eigenvalue weighted by molar-refractivity contribution is 6.30. The smallest absolute Gasteiger partial charge is 0.262 e. The van der Waals surface area contributed by atoms with Crippen LogP contribution in [0.1, 0.15) is 0 Å². The molecule has 7 heteroatoms. The highest BCUT2D eigenvalue weighted by Gasteiger charge is 2.15. The van der Waals surface area contributed by atoms with E-state index in [9.17, 15) is 5.11 Å². The number of nitrogens with zero attached hydrogens (tertiary/aromatic N) is 3. The summed E-state index contributed by atoms with van der Waals surface area (Å²) < 4.78 is 5.07. The molecule has 3 aromatic rings. The molecule has 18 heavy (non-hydrogen) atoms. The van der Waals surface area contributed by atoms with Gasteiger partial charge in [-0.25, -0.2) is 4.98 Å². The highest BCUT2D eigenvalue weighted by atomic mass is 35.5. The van der Waals surface area contributed by atoms with Gasteiger partial charge in [-0.05, 0) is 18.2 Å². The molecule has 0 amide bonds. The minimum absolute atomic E-state index is 0.0165. The Labute approximate surface area is 106 Å². The van der Waals surface area contributed by atoms with E-state index in [-0.39, 0.29) is 11.6 Å². The molecular weight excluding hydrogens is 256 g/mol. The number of aromatic nitrogens is 4. The summed E-state index contributed by atoms with van der Waals surface area (Å²) in [5, 5.41) is 14.0. The predicted octanol–water partition coefficient (Wildman–Crippen LogP) is 2.49. The number of hydrogen-bond donors (Lipinski definition) is 2. The topological polar surface area (TPSA) is 87.8 Å². The van der Waals surface area contributed by atoms with Crippen molar-refractivity contribution in [2.75, 3.05) is 0 Å². The zero-order chi connectivity index (χ0) is 12.5. The van der Waals surface area contributed by atoms with Crippen molar-refractivity contribution in [1.82, 2.24) is 20.1 Å². The summed E-state index contributed by atoms with van der Waals surface area (Å²) in [6.07, 6.45) is 3.25. The molecule has 3 rings (SSSR count). The number of phenols is 1. The van der Waals surface area contributed by atoms with Gasteiger partial charge < -0.3 is 14.6 Å². The monoisotopic (exact) mass is 262 g/mol. The van der Waals surface area contributed by atoms with E-state index in [2.05, 4.69) is 20.1 Å². The zero-order valence-electron chi connectivity index (χ0n) is 8.96. The number of benzene rings is 1. The van der Waals surface area contributed by atoms with Crippen LogP contribution in [0, 0.1) is 0 Å². The van der Waals surface area contributed by atoms with E-state index in [0.717, 1.165) is 0 Å². The van der Waals surface area contributed by atoms with Crippen LogP contribution >= 0.6 is 11.6 Å². The Morgan fingerprint density at radius 1 is 1.33 bits per heavy atom. The quantitative estimate of drug-likeness (QED) is 0.741. The molecule has 0 saturated carbocycles. The van der Waals surface area contributed by atoms with E-state index in [4.69, 9.17) is 16.1 Å². The molecule has 2 heterocycles. The molecule has 0 spiro atoms. The average Bonchev–Trinajstić information content (AvgIpc) is 2.99. The third-order valence-corrected chi connectivity index (χ3v) is 2.56. The number of nitrogens with one attached hydrogen (secondary N) is 1. The van der Waals surface area contributed by atoms with E-state index >= 15 is 0 Å². The van der Waals surface area contributed by atoms with Crippen molar-refractivity contribution in [3.05, 3.63) is 35.6 Å². The summed E-state index contributed by atoms with van der Waals surface area (Å²) in [5.41, 5.74) is 0.421. The Bertz CT molecular complexity index is 678. The lowest BCUT2D eigenvalue weighted by molar-refractivity contribution is 0.425. The number of H-pyrrole nitrogens is 1. The molecule has 0 saturated heterocycles. The molecule has 0 bridgehead atoms. The molecule has 0 aliphatic rings. The van der Waals surface area contributed by atoms with Gasteiger partial charge in [0.2, 0.25) is 5.82 Å². The van der Waals surface area contributed by atoms with Gasteiger partial charge in [0.05, 0.1) is 5.56 Å². The molecule has 0 aliphatic heterocycles. The van der Waals surface area contributed by atoms with Crippen LogP contribution in [0.15, 0.2) is 35.1 Å². The van der Waals surface area contributed by atoms with Crippen LogP contribution in [-0.4, -0.2) is 25.2 Å². The number of halogens is 1. The van der Waals surface area contributed by atoms with E-state index < -0.39 is 0 Å². The number of aromatic hydroxyl groups is 1. The summed E-state index contributed by atoms with van der Waals surface area (Å²) in [5.74, 6) is 1.01. The molecule has 0 unspecified atom stereocenters. The van der Waals surface area contributed by atoms with Gasteiger partial charge in [-0.1, -0.05) is 16.8 Å². The predicted molar refractivity (Wildman–Crippen MR) is 64.0 cm³/mol. The Kier molecular flexibility index (Phi) is 2.49. The number of imidazole rings is 1. The summed E-state index contributed by atoms with van der Waals surface area (Å²) in [6, 6.07) is 4.65. The summed E-state index contributed by atoms with van der Waals surface area (Å²) in [7, 11) is 0. The van der Waals surface area contributed by atoms with Gasteiger partial charge in [0.1, 0.15) is 5.75 Å². The van der Waals surface area contributed by atoms with E-state index in [1.165, 1.54) is 6.07 Å². The molecule has 0 aliphatic carbocycles. The molecule has 2 N–H and O–H groups in total. The van der Waals surface area contributed by atoms with Crippen molar-refractivity contribution in [2.24, 2.45) is 0 Å². The second-order valence-corrected chi connectivity index (χ2v) is 3.96. The van der Waals surface area contributed by atoms with Crippen molar-refractivity contribution < 1.29 is 9.63 Å². The minimum atomic E-state index is -0.0165. The molecule has 1 aromatic carbocycles. The Morgan fingerprint density at radius 2 is 2.22 bits per heavy atom. The van der Waals surface area contributed by atoms with E-state index in [1.54, 1.807) is 24.5 Å². The van der Waals surface area contributed by atoms with Crippen LogP contribution in [-0.2, 0) is 0 Å². The van der Waals surface area contributed by atoms with Crippen LogP contribution in [0.4, 0.5) is 0 Å². The van der Waals surface area contributed by atoms with E-state index in [1.807, 2.05) is 0 Å². The van der Waals surface area contributed by atoms with Crippen molar-refractivity contribution in [3.63, 3.8) is 0 Å². The summed E-state index contributed by atoms with van der Waals surface area (Å²) in [6.45, 7) is 0. The van der Waals surface area contributed by atoms with Gasteiger partial charge in [-0.3, -0.25) is 0 Å². The molecule has 0 atom stereocenters. The van der Waals surface area contributed by atoms with Gasteiger partial charge in [-0.2, -0.15) is 4.98 Å². The van der Waals surface area contributed by atoms with Gasteiger partial charge in [0, 0.05) is 17.4 Å². The second-order valence-electron chi connectivity index (χ2n) is 3.52. The first-order valence-corrected chi connectivity index (χ1v) is 5.44. The standard InChI is InChI=1S/C11H7ClN4O2/c12-6-1-2-7(8(17)5-6)11-15-10(16-18-11)9-13-3-4-14-9/h1-5,17H,(H,13,14). The molecule has 2 aromatic heterocycles. The number of aromatic amines is 1. The Balaban J connectivity index is 2.03. The average molecular weight is 263 g/mol. The van der Waals surface area contributed by atoms with Gasteiger partial charge >= 0.3 is 0 Å². The van der Waals surface area contributed by atoms with Gasteiger partial charge in [-0.15, -0.1) is 0 Å². The third-order valence-electron chi connectivity index (χ3n) is 2.33. The first-order chi connectivity index (χ1) is 8.74. The first-order valence-electron chi connectivity index (χ1n) is 5.06. The van der Waals surface area contributed by atoms with Crippen LogP contribution in [0.2, 0.25) is 5.02 Å². The Morgan fingerprint density at radius 3 is 2.94 bits per heavy atom. The SMILES string of the molecule is Oc1cc(Cl)ccc1-c1nc(-c2ncc[nH]2)no1. The first kappa shape index (κ1) is 10.8. The molecule has 90 valence electrons. The van der Waals surface area contributed by atoms with Crippen LogP contribution in [0.5, 0.6) is 5.75 Å². The van der Waals surface area contributed by atoms with Crippen LogP contribution in [0.3, 0.4) is 0 Å². The normalized spacial score (nSPS) is 10.7. The second kappa shape index (κ2) is 4.15. The van der Waals surface area contributed by atoms with Gasteiger partial charge in [0.15, 0.2) is 5.82 Å². The maximum atomic E-state index is 9.75. The highest BCUT2D eigenvalue weighted by Crippen LogP contribution is 2.31. The Hall–Kier alpha value is -2.34. The molecule has 6 nitrogen and oxygen atoms in total. The zero-order valence-corrected chi connectivity index (χ0v) is 9.72. The maximum Gasteiger partial charge on any atom is 0.262 e. The van der Waals surface area contributed by atoms with Crippen molar-refractivity contribution in [2.45, 2.75) is 0 Å². The molecule has 0 radical (unpaired) electrons. The van der Waals surface area contributed by atoms with Crippen LogP contribution < -0.4 is 0 Å². The molecular formula is C11H7ClN4O2. The lowest BCUT2D eigenvalue weighted by Crippen LogP contribution is -1.83. The van der Waals surface area contributed by atoms with Crippen LogP contribution in [0.25, 0.3) is 23.1 Å². The third kappa shape index (κ3) is 1.82. The van der Waals surface area contributed by atoms with Crippen molar-refractivity contribution in [3.8, 4) is 28.9 Å². The number of rotatable bonds is 2. The fraction of sp³-hybridized carbons (Fsp3) is 0. The van der Waals surface area contributed by atoms with Crippen molar-refractivity contribution in [1.29, 1.82) is 0 Å². The number of hydrogen-bond acceptors (Lipinski definition) is 5. The van der Waals surface area contributed by atoms with Crippen molar-refractivity contribution >= 4 is 11.6 Å². The van der Waals surface area contributed by atoms with E-state index in [0.29, 0.717) is 22.2 Å². The lowest BCUT2D eigenvalue weighted by atomic mass is 10.2.